The van der Waals surface area contributed by atoms with E-state index in [9.17, 15) is 27.2 Å². The first-order chi connectivity index (χ1) is 16.7. The number of carbonyl (C=O) groups excluding carboxylic acids is 2. The van der Waals surface area contributed by atoms with E-state index in [1.807, 2.05) is 6.07 Å². The summed E-state index contributed by atoms with van der Waals surface area (Å²) in [5.41, 5.74) is 1.73. The number of rotatable bonds is 8. The summed E-state index contributed by atoms with van der Waals surface area (Å²) in [6.07, 6.45) is -4.54. The maximum absolute atomic E-state index is 13.8. The summed E-state index contributed by atoms with van der Waals surface area (Å²) in [5, 5.41) is 5.84. The van der Waals surface area contributed by atoms with Gasteiger partial charge < -0.3 is 15.4 Å². The van der Waals surface area contributed by atoms with Crippen LogP contribution in [-0.4, -0.2) is 24.1 Å². The number of benzene rings is 3. The Morgan fingerprint density at radius 1 is 0.943 bits per heavy atom. The molecule has 1 aliphatic rings. The summed E-state index contributed by atoms with van der Waals surface area (Å²) < 4.78 is 57.0. The monoisotopic (exact) mass is 486 g/mol. The van der Waals surface area contributed by atoms with E-state index in [1.165, 1.54) is 18.2 Å². The lowest BCUT2D eigenvalue weighted by molar-refractivity contribution is -0.189. The van der Waals surface area contributed by atoms with Crippen LogP contribution in [0.3, 0.4) is 0 Å². The van der Waals surface area contributed by atoms with Gasteiger partial charge in [0, 0.05) is 30.6 Å². The smallest absolute Gasteiger partial charge is 0.419 e. The molecule has 0 radical (unpaired) electrons. The highest BCUT2D eigenvalue weighted by molar-refractivity contribution is 5.98. The standard InChI is InChI=1S/C26H22F4N2O3/c27-21-9-5-4-8-18(21)15-31-22-13-20(22)17-10-11-19(23(12-17)35-25(34)26(28,29)30)24(33)32-14-16-6-2-1-3-7-16/h1-12,20,22,31H,13-15H2,(H,32,33). The fourth-order valence-corrected chi connectivity index (χ4v) is 3.74. The molecule has 1 fully saturated rings. The van der Waals surface area contributed by atoms with Crippen molar-refractivity contribution in [3.63, 3.8) is 0 Å². The summed E-state index contributed by atoms with van der Waals surface area (Å²) in [7, 11) is 0. The molecule has 182 valence electrons. The summed E-state index contributed by atoms with van der Waals surface area (Å²) in [5.74, 6) is -3.95. The molecular weight excluding hydrogens is 464 g/mol. The molecular formula is C26H22F4N2O3. The van der Waals surface area contributed by atoms with E-state index in [0.29, 0.717) is 24.1 Å². The van der Waals surface area contributed by atoms with Crippen LogP contribution in [0.4, 0.5) is 17.6 Å². The van der Waals surface area contributed by atoms with E-state index in [4.69, 9.17) is 0 Å². The van der Waals surface area contributed by atoms with Gasteiger partial charge >= 0.3 is 12.1 Å². The number of hydrogen-bond acceptors (Lipinski definition) is 4. The largest absolute Gasteiger partial charge is 0.491 e. The van der Waals surface area contributed by atoms with Gasteiger partial charge in [-0.25, -0.2) is 9.18 Å². The Hall–Kier alpha value is -3.72. The van der Waals surface area contributed by atoms with Crippen LogP contribution in [0.15, 0.2) is 72.8 Å². The van der Waals surface area contributed by atoms with Crippen molar-refractivity contribution >= 4 is 11.9 Å². The van der Waals surface area contributed by atoms with Gasteiger partial charge in [-0.2, -0.15) is 13.2 Å². The van der Waals surface area contributed by atoms with Gasteiger partial charge in [0.2, 0.25) is 0 Å². The average molecular weight is 486 g/mol. The van der Waals surface area contributed by atoms with Crippen molar-refractivity contribution < 1.29 is 31.9 Å². The van der Waals surface area contributed by atoms with Crippen LogP contribution in [0.25, 0.3) is 0 Å². The lowest BCUT2D eigenvalue weighted by Crippen LogP contribution is -2.30. The van der Waals surface area contributed by atoms with Gasteiger partial charge in [-0.1, -0.05) is 54.6 Å². The number of halogens is 4. The van der Waals surface area contributed by atoms with Gasteiger partial charge in [-0.15, -0.1) is 0 Å². The molecule has 0 heterocycles. The first-order valence-corrected chi connectivity index (χ1v) is 10.9. The van der Waals surface area contributed by atoms with Crippen molar-refractivity contribution in [3.05, 3.63) is 101 Å². The second-order valence-electron chi connectivity index (χ2n) is 8.23. The average Bonchev–Trinajstić information content (AvgIpc) is 3.62. The summed E-state index contributed by atoms with van der Waals surface area (Å²) in [4.78, 5) is 24.2. The molecule has 35 heavy (non-hydrogen) atoms. The molecule has 2 N–H and O–H groups in total. The van der Waals surface area contributed by atoms with Gasteiger partial charge in [-0.05, 0) is 35.7 Å². The molecule has 0 bridgehead atoms. The Labute approximate surface area is 199 Å². The second kappa shape index (κ2) is 10.3. The zero-order valence-corrected chi connectivity index (χ0v) is 18.4. The Morgan fingerprint density at radius 2 is 1.66 bits per heavy atom. The summed E-state index contributed by atoms with van der Waals surface area (Å²) >= 11 is 0. The van der Waals surface area contributed by atoms with Crippen LogP contribution in [0, 0.1) is 5.82 Å². The van der Waals surface area contributed by atoms with Crippen molar-refractivity contribution in [1.82, 2.24) is 10.6 Å². The van der Waals surface area contributed by atoms with Crippen LogP contribution >= 0.6 is 0 Å². The minimum absolute atomic E-state index is 0.0291. The second-order valence-corrected chi connectivity index (χ2v) is 8.23. The molecule has 1 amide bonds. The van der Waals surface area contributed by atoms with E-state index in [0.717, 1.165) is 5.56 Å². The number of alkyl halides is 3. The molecule has 2 atom stereocenters. The zero-order valence-electron chi connectivity index (χ0n) is 18.4. The van der Waals surface area contributed by atoms with E-state index < -0.39 is 23.8 Å². The topological polar surface area (TPSA) is 67.4 Å². The molecule has 3 aromatic carbocycles. The highest BCUT2D eigenvalue weighted by Crippen LogP contribution is 2.42. The minimum Gasteiger partial charge on any atom is -0.419 e. The Balaban J connectivity index is 1.48. The highest BCUT2D eigenvalue weighted by Gasteiger charge is 2.43. The fraction of sp³-hybridized carbons (Fsp3) is 0.231. The number of esters is 1. The maximum atomic E-state index is 13.8. The fourth-order valence-electron chi connectivity index (χ4n) is 3.74. The van der Waals surface area contributed by atoms with Crippen LogP contribution < -0.4 is 15.4 Å². The van der Waals surface area contributed by atoms with Crippen LogP contribution in [0.1, 0.15) is 39.4 Å². The minimum atomic E-state index is -5.21. The third-order valence-electron chi connectivity index (χ3n) is 5.71. The van der Waals surface area contributed by atoms with E-state index in [2.05, 4.69) is 15.4 Å². The normalized spacial score (nSPS) is 17.0. The lowest BCUT2D eigenvalue weighted by atomic mass is 10.1. The van der Waals surface area contributed by atoms with Crippen LogP contribution in [0.5, 0.6) is 5.75 Å². The SMILES string of the molecule is O=C(NCc1ccccc1)c1ccc(C2CC2NCc2ccccc2F)cc1OC(=O)C(F)(F)F. The Morgan fingerprint density at radius 3 is 2.37 bits per heavy atom. The number of hydrogen-bond donors (Lipinski definition) is 2. The molecule has 1 aliphatic carbocycles. The molecule has 2 unspecified atom stereocenters. The first-order valence-electron chi connectivity index (χ1n) is 10.9. The van der Waals surface area contributed by atoms with Crippen molar-refractivity contribution in [2.24, 2.45) is 0 Å². The van der Waals surface area contributed by atoms with Gasteiger partial charge in [0.25, 0.3) is 5.91 Å². The molecule has 9 heteroatoms. The van der Waals surface area contributed by atoms with Crippen LogP contribution in [0.2, 0.25) is 0 Å². The van der Waals surface area contributed by atoms with Crippen molar-refractivity contribution in [2.45, 2.75) is 37.6 Å². The Bertz CT molecular complexity index is 1210. The highest BCUT2D eigenvalue weighted by atomic mass is 19.4. The van der Waals surface area contributed by atoms with Gasteiger partial charge in [0.15, 0.2) is 0 Å². The number of nitrogens with one attached hydrogen (secondary N) is 2. The zero-order chi connectivity index (χ0) is 25.0. The van der Waals surface area contributed by atoms with Crippen molar-refractivity contribution in [2.75, 3.05) is 0 Å². The number of amides is 1. The number of carbonyl (C=O) groups is 2. The Kier molecular flexibility index (Phi) is 7.16. The molecule has 0 saturated heterocycles. The maximum Gasteiger partial charge on any atom is 0.491 e. The van der Waals surface area contributed by atoms with E-state index in [1.54, 1.807) is 48.5 Å². The van der Waals surface area contributed by atoms with Gasteiger partial charge in [0.1, 0.15) is 11.6 Å². The number of ether oxygens (including phenoxy) is 1. The van der Waals surface area contributed by atoms with Crippen molar-refractivity contribution in [1.29, 1.82) is 0 Å². The predicted octanol–water partition coefficient (Wildman–Crippen LogP) is 4.87. The first kappa shape index (κ1) is 24.4. The molecule has 1 saturated carbocycles. The van der Waals surface area contributed by atoms with Gasteiger partial charge in [-0.3, -0.25) is 4.79 Å². The molecule has 0 aliphatic heterocycles. The quantitative estimate of drug-likeness (QED) is 0.271. The van der Waals surface area contributed by atoms with Gasteiger partial charge in [0.05, 0.1) is 5.56 Å². The third-order valence-corrected chi connectivity index (χ3v) is 5.71. The molecule has 4 rings (SSSR count). The summed E-state index contributed by atoms with van der Waals surface area (Å²) in [6, 6.07) is 19.6. The molecule has 3 aromatic rings. The van der Waals surface area contributed by atoms with E-state index >= 15 is 0 Å². The lowest BCUT2D eigenvalue weighted by Gasteiger charge is -2.14. The molecule has 0 aromatic heterocycles. The predicted molar refractivity (Wildman–Crippen MR) is 120 cm³/mol. The summed E-state index contributed by atoms with van der Waals surface area (Å²) in [6.45, 7) is 0.447. The molecule has 5 nitrogen and oxygen atoms in total. The van der Waals surface area contributed by atoms with Crippen LogP contribution in [-0.2, 0) is 17.9 Å². The molecule has 0 spiro atoms. The van der Waals surface area contributed by atoms with Crippen molar-refractivity contribution in [3.8, 4) is 5.75 Å². The third kappa shape index (κ3) is 6.24. The van der Waals surface area contributed by atoms with E-state index in [-0.39, 0.29) is 29.9 Å².